The molecule has 0 atom stereocenters. The van der Waals surface area contributed by atoms with Gasteiger partial charge in [0.05, 0.1) is 17.4 Å². The summed E-state index contributed by atoms with van der Waals surface area (Å²) in [5.74, 6) is 0.0467. The minimum atomic E-state index is 0.0467. The first-order chi connectivity index (χ1) is 7.31. The van der Waals surface area contributed by atoms with Crippen molar-refractivity contribution in [3.63, 3.8) is 0 Å². The smallest absolute Gasteiger partial charge is 0.203 e. The molecule has 0 aromatic carbocycles. The maximum atomic E-state index is 11.9. The van der Waals surface area contributed by atoms with Crippen molar-refractivity contribution in [1.29, 1.82) is 5.26 Å². The molecule has 0 fully saturated rings. The molecule has 0 spiro atoms. The van der Waals surface area contributed by atoms with Crippen molar-refractivity contribution < 1.29 is 4.79 Å². The average molecular weight is 233 g/mol. The van der Waals surface area contributed by atoms with E-state index < -0.39 is 0 Å². The quantitative estimate of drug-likeness (QED) is 0.764. The van der Waals surface area contributed by atoms with Gasteiger partial charge in [-0.25, -0.2) is 0 Å². The molecule has 0 radical (unpaired) electrons. The molecule has 0 N–H and O–H groups in total. The summed E-state index contributed by atoms with van der Waals surface area (Å²) in [6.07, 6.45) is 0.377. The molecule has 2 aromatic heterocycles. The Balaban J connectivity index is 2.24. The fraction of sp³-hybridized carbons (Fsp3) is 0.0909. The Bertz CT molecular complexity index is 505. The Morgan fingerprint density at radius 2 is 2.27 bits per heavy atom. The fourth-order valence-corrected chi connectivity index (χ4v) is 2.75. The molecule has 0 unspecified atom stereocenters. The standard InChI is InChI=1S/C11H7NOS2/c12-5-3-9-1-2-10(15-9)11(13)8-4-6-14-7-8/h1-2,4,6-7H,3H2. The molecular weight excluding hydrogens is 226 g/mol. The van der Waals surface area contributed by atoms with Gasteiger partial charge >= 0.3 is 0 Å². The SMILES string of the molecule is N#CCc1ccc(C(=O)c2ccsc2)s1. The van der Waals surface area contributed by atoms with Gasteiger partial charge in [0.1, 0.15) is 0 Å². The lowest BCUT2D eigenvalue weighted by Gasteiger charge is -1.91. The number of carbonyl (C=O) groups excluding carboxylic acids is 1. The summed E-state index contributed by atoms with van der Waals surface area (Å²) in [5.41, 5.74) is 0.727. The Morgan fingerprint density at radius 1 is 1.40 bits per heavy atom. The molecule has 2 aromatic rings. The number of nitrogens with zero attached hydrogens (tertiary/aromatic N) is 1. The van der Waals surface area contributed by atoms with Gasteiger partial charge in [-0.1, -0.05) is 0 Å². The van der Waals surface area contributed by atoms with Crippen LogP contribution in [0.1, 0.15) is 20.1 Å². The predicted molar refractivity (Wildman–Crippen MR) is 61.4 cm³/mol. The highest BCUT2D eigenvalue weighted by Gasteiger charge is 2.11. The van der Waals surface area contributed by atoms with Crippen LogP contribution in [0.3, 0.4) is 0 Å². The number of nitriles is 1. The summed E-state index contributed by atoms with van der Waals surface area (Å²) in [5, 5.41) is 12.3. The van der Waals surface area contributed by atoms with Crippen molar-refractivity contribution in [1.82, 2.24) is 0 Å². The molecular formula is C11H7NOS2. The second-order valence-corrected chi connectivity index (χ2v) is 4.89. The topological polar surface area (TPSA) is 40.9 Å². The summed E-state index contributed by atoms with van der Waals surface area (Å²) in [4.78, 5) is 13.5. The molecule has 0 amide bonds. The van der Waals surface area contributed by atoms with Gasteiger partial charge in [-0.05, 0) is 23.6 Å². The Labute approximate surface area is 95.4 Å². The average Bonchev–Trinajstić information content (AvgIpc) is 2.87. The third kappa shape index (κ3) is 2.14. The minimum Gasteiger partial charge on any atom is -0.288 e. The first kappa shape index (κ1) is 10.1. The van der Waals surface area contributed by atoms with Crippen molar-refractivity contribution in [2.24, 2.45) is 0 Å². The highest BCUT2D eigenvalue weighted by molar-refractivity contribution is 7.14. The largest absolute Gasteiger partial charge is 0.288 e. The summed E-state index contributed by atoms with van der Waals surface area (Å²) < 4.78 is 0. The fourth-order valence-electron chi connectivity index (χ4n) is 1.21. The third-order valence-electron chi connectivity index (χ3n) is 1.92. The van der Waals surface area contributed by atoms with E-state index in [0.29, 0.717) is 11.3 Å². The van der Waals surface area contributed by atoms with E-state index >= 15 is 0 Å². The van der Waals surface area contributed by atoms with E-state index in [4.69, 9.17) is 5.26 Å². The van der Waals surface area contributed by atoms with E-state index in [2.05, 4.69) is 6.07 Å². The minimum absolute atomic E-state index is 0.0467. The number of rotatable bonds is 3. The zero-order valence-electron chi connectivity index (χ0n) is 7.77. The summed E-state index contributed by atoms with van der Waals surface area (Å²) in [7, 11) is 0. The van der Waals surface area contributed by atoms with E-state index in [1.165, 1.54) is 22.7 Å². The van der Waals surface area contributed by atoms with Crippen molar-refractivity contribution >= 4 is 28.5 Å². The van der Waals surface area contributed by atoms with E-state index in [-0.39, 0.29) is 5.78 Å². The monoisotopic (exact) mass is 233 g/mol. The lowest BCUT2D eigenvalue weighted by atomic mass is 10.2. The van der Waals surface area contributed by atoms with Crippen LogP contribution < -0.4 is 0 Å². The van der Waals surface area contributed by atoms with Gasteiger partial charge in [0.15, 0.2) is 0 Å². The molecule has 0 saturated carbocycles. The predicted octanol–water partition coefficient (Wildman–Crippen LogP) is 3.11. The lowest BCUT2D eigenvalue weighted by Crippen LogP contribution is -1.95. The van der Waals surface area contributed by atoms with Crippen LogP contribution in [0.15, 0.2) is 29.0 Å². The van der Waals surface area contributed by atoms with E-state index in [1.54, 1.807) is 6.07 Å². The first-order valence-electron chi connectivity index (χ1n) is 4.34. The van der Waals surface area contributed by atoms with E-state index in [0.717, 1.165) is 10.4 Å². The normalized spacial score (nSPS) is 9.80. The Hall–Kier alpha value is -1.44. The molecule has 0 aliphatic heterocycles. The van der Waals surface area contributed by atoms with Gasteiger partial charge in [0.25, 0.3) is 0 Å². The highest BCUT2D eigenvalue weighted by atomic mass is 32.1. The number of hydrogen-bond acceptors (Lipinski definition) is 4. The summed E-state index contributed by atoms with van der Waals surface area (Å²) >= 11 is 2.91. The molecule has 0 aliphatic rings. The number of ketones is 1. The highest BCUT2D eigenvalue weighted by Crippen LogP contribution is 2.21. The van der Waals surface area contributed by atoms with Crippen LogP contribution in [-0.4, -0.2) is 5.78 Å². The maximum Gasteiger partial charge on any atom is 0.203 e. The second-order valence-electron chi connectivity index (χ2n) is 2.94. The molecule has 2 heterocycles. The molecule has 0 saturated heterocycles. The number of hydrogen-bond donors (Lipinski definition) is 0. The molecule has 74 valence electrons. The van der Waals surface area contributed by atoms with E-state index in [9.17, 15) is 4.79 Å². The van der Waals surface area contributed by atoms with Crippen LogP contribution in [0.5, 0.6) is 0 Å². The van der Waals surface area contributed by atoms with Crippen molar-refractivity contribution in [2.75, 3.05) is 0 Å². The Morgan fingerprint density at radius 3 is 2.93 bits per heavy atom. The zero-order chi connectivity index (χ0) is 10.7. The molecule has 4 heteroatoms. The molecule has 2 nitrogen and oxygen atoms in total. The van der Waals surface area contributed by atoms with Crippen LogP contribution >= 0.6 is 22.7 Å². The third-order valence-corrected chi connectivity index (χ3v) is 3.69. The molecule has 0 bridgehead atoms. The van der Waals surface area contributed by atoms with Crippen molar-refractivity contribution in [2.45, 2.75) is 6.42 Å². The van der Waals surface area contributed by atoms with Crippen molar-refractivity contribution in [3.05, 3.63) is 44.3 Å². The molecule has 15 heavy (non-hydrogen) atoms. The van der Waals surface area contributed by atoms with Gasteiger partial charge in [-0.2, -0.15) is 16.6 Å². The molecule has 2 rings (SSSR count). The first-order valence-corrected chi connectivity index (χ1v) is 6.10. The second kappa shape index (κ2) is 4.39. The van der Waals surface area contributed by atoms with Crippen LogP contribution in [-0.2, 0) is 6.42 Å². The van der Waals surface area contributed by atoms with Gasteiger partial charge in [-0.15, -0.1) is 11.3 Å². The number of thiophene rings is 2. The zero-order valence-corrected chi connectivity index (χ0v) is 9.40. The molecule has 0 aliphatic carbocycles. The van der Waals surface area contributed by atoms with Gasteiger partial charge in [-0.3, -0.25) is 4.79 Å². The van der Waals surface area contributed by atoms with Gasteiger partial charge in [0.2, 0.25) is 5.78 Å². The Kier molecular flexibility index (Phi) is 2.95. The summed E-state index contributed by atoms with van der Waals surface area (Å²) in [6.45, 7) is 0. The van der Waals surface area contributed by atoms with Gasteiger partial charge in [0, 0.05) is 15.8 Å². The number of carbonyl (C=O) groups is 1. The van der Waals surface area contributed by atoms with Crippen LogP contribution in [0.4, 0.5) is 0 Å². The maximum absolute atomic E-state index is 11.9. The van der Waals surface area contributed by atoms with Crippen LogP contribution in [0, 0.1) is 11.3 Å². The van der Waals surface area contributed by atoms with Crippen LogP contribution in [0.25, 0.3) is 0 Å². The van der Waals surface area contributed by atoms with E-state index in [1.807, 2.05) is 22.9 Å². The lowest BCUT2D eigenvalue weighted by molar-refractivity contribution is 0.104. The van der Waals surface area contributed by atoms with Gasteiger partial charge < -0.3 is 0 Å². The summed E-state index contributed by atoms with van der Waals surface area (Å²) in [6, 6.07) is 7.52. The van der Waals surface area contributed by atoms with Crippen LogP contribution in [0.2, 0.25) is 0 Å². The van der Waals surface area contributed by atoms with Crippen molar-refractivity contribution in [3.8, 4) is 6.07 Å².